The van der Waals surface area contributed by atoms with Gasteiger partial charge in [-0.15, -0.1) is 0 Å². The predicted molar refractivity (Wildman–Crippen MR) is 79.3 cm³/mol. The van der Waals surface area contributed by atoms with E-state index in [4.69, 9.17) is 5.73 Å². The quantitative estimate of drug-likeness (QED) is 0.728. The van der Waals surface area contributed by atoms with Crippen molar-refractivity contribution in [3.8, 4) is 5.75 Å². The van der Waals surface area contributed by atoms with E-state index in [-0.39, 0.29) is 23.0 Å². The fourth-order valence-electron chi connectivity index (χ4n) is 1.86. The minimum atomic E-state index is -3.67. The van der Waals surface area contributed by atoms with Gasteiger partial charge in [0.05, 0.1) is 0 Å². The number of benzene rings is 1. The van der Waals surface area contributed by atoms with Crippen LogP contribution in [-0.4, -0.2) is 29.8 Å². The topological polar surface area (TPSA) is 110 Å². The third kappa shape index (κ3) is 3.73. The molecule has 2 aromatic rings. The van der Waals surface area contributed by atoms with Crippen LogP contribution in [0.15, 0.2) is 35.4 Å². The van der Waals surface area contributed by atoms with Gasteiger partial charge in [0.1, 0.15) is 10.6 Å². The molecule has 0 bridgehead atoms. The Balaban J connectivity index is 2.01. The van der Waals surface area contributed by atoms with Gasteiger partial charge < -0.3 is 10.8 Å². The van der Waals surface area contributed by atoms with Crippen molar-refractivity contribution in [3.63, 3.8) is 0 Å². The molecule has 0 aliphatic rings. The monoisotopic (exact) mass is 310 g/mol. The van der Waals surface area contributed by atoms with Crippen molar-refractivity contribution in [2.75, 3.05) is 12.3 Å². The lowest BCUT2D eigenvalue weighted by molar-refractivity contribution is 0.475. The molecule has 0 unspecified atom stereocenters. The Kier molecular flexibility index (Phi) is 4.49. The van der Waals surface area contributed by atoms with Gasteiger partial charge in [-0.05, 0) is 31.0 Å². The second kappa shape index (κ2) is 6.15. The first-order valence-corrected chi connectivity index (χ1v) is 8.01. The molecule has 1 aromatic heterocycles. The third-order valence-corrected chi connectivity index (χ3v) is 4.49. The summed E-state index contributed by atoms with van der Waals surface area (Å²) in [6.45, 7) is 2.64. The molecule has 1 aromatic carbocycles. The molecule has 0 fully saturated rings. The fourth-order valence-corrected chi connectivity index (χ4v) is 2.96. The smallest absolute Gasteiger partial charge is 0.245 e. The lowest BCUT2D eigenvalue weighted by Gasteiger charge is -2.05. The van der Waals surface area contributed by atoms with E-state index < -0.39 is 10.0 Å². The molecule has 8 heteroatoms. The van der Waals surface area contributed by atoms with E-state index >= 15 is 0 Å². The molecule has 0 aliphatic carbocycles. The molecule has 4 N–H and O–H groups in total. The first-order chi connectivity index (χ1) is 9.92. The highest BCUT2D eigenvalue weighted by Crippen LogP contribution is 2.16. The molecule has 0 saturated heterocycles. The molecule has 0 radical (unpaired) electrons. The number of sulfonamides is 1. The lowest BCUT2D eigenvalue weighted by atomic mass is 10.1. The zero-order valence-corrected chi connectivity index (χ0v) is 12.5. The molecular weight excluding hydrogens is 292 g/mol. The summed E-state index contributed by atoms with van der Waals surface area (Å²) < 4.78 is 28.3. The molecule has 0 atom stereocenters. The highest BCUT2D eigenvalue weighted by atomic mass is 32.2. The van der Waals surface area contributed by atoms with Crippen LogP contribution < -0.4 is 10.5 Å². The van der Waals surface area contributed by atoms with Gasteiger partial charge >= 0.3 is 0 Å². The van der Waals surface area contributed by atoms with Gasteiger partial charge in [-0.3, -0.25) is 4.68 Å². The zero-order chi connectivity index (χ0) is 15.5. The highest BCUT2D eigenvalue weighted by Gasteiger charge is 2.20. The number of hydrogen-bond donors (Lipinski definition) is 3. The first-order valence-electron chi connectivity index (χ1n) is 6.53. The van der Waals surface area contributed by atoms with Crippen LogP contribution in [0.4, 0.5) is 5.82 Å². The van der Waals surface area contributed by atoms with Gasteiger partial charge in [0.25, 0.3) is 0 Å². The van der Waals surface area contributed by atoms with E-state index in [2.05, 4.69) is 9.82 Å². The number of phenolic OH excluding ortho intramolecular Hbond substituents is 1. The maximum absolute atomic E-state index is 12.1. The Bertz CT molecular complexity index is 708. The van der Waals surface area contributed by atoms with Crippen molar-refractivity contribution in [2.45, 2.75) is 24.8 Å². The molecule has 0 saturated carbocycles. The molecule has 1 heterocycles. The summed E-state index contributed by atoms with van der Waals surface area (Å²) in [5.41, 5.74) is 6.55. The number of aromatic nitrogens is 2. The average Bonchev–Trinajstić information content (AvgIpc) is 2.83. The van der Waals surface area contributed by atoms with Crippen LogP contribution in [0.25, 0.3) is 0 Å². The number of phenols is 1. The summed E-state index contributed by atoms with van der Waals surface area (Å²) in [5, 5.41) is 13.1. The zero-order valence-electron chi connectivity index (χ0n) is 11.7. The number of nitrogens with two attached hydrogens (primary N) is 1. The van der Waals surface area contributed by atoms with Crippen molar-refractivity contribution >= 4 is 15.8 Å². The van der Waals surface area contributed by atoms with Crippen LogP contribution in [0.1, 0.15) is 12.5 Å². The van der Waals surface area contributed by atoms with E-state index in [0.29, 0.717) is 13.0 Å². The number of nitrogens with one attached hydrogen (secondary N) is 1. The summed E-state index contributed by atoms with van der Waals surface area (Å²) in [6.07, 6.45) is 1.93. The minimum absolute atomic E-state index is 0.00458. The van der Waals surface area contributed by atoms with Crippen molar-refractivity contribution in [2.24, 2.45) is 0 Å². The lowest BCUT2D eigenvalue weighted by Crippen LogP contribution is -2.26. The Labute approximate surface area is 123 Å². The predicted octanol–water partition coefficient (Wildman–Crippen LogP) is 0.712. The normalized spacial score (nSPS) is 11.7. The maximum atomic E-state index is 12.1. The second-order valence-electron chi connectivity index (χ2n) is 4.55. The van der Waals surface area contributed by atoms with E-state index in [9.17, 15) is 13.5 Å². The van der Waals surface area contributed by atoms with Crippen LogP contribution in [0.3, 0.4) is 0 Å². The molecule has 0 spiro atoms. The number of hydrogen-bond acceptors (Lipinski definition) is 5. The van der Waals surface area contributed by atoms with Crippen LogP contribution in [-0.2, 0) is 23.0 Å². The van der Waals surface area contributed by atoms with Gasteiger partial charge in [-0.25, -0.2) is 13.1 Å². The summed E-state index contributed by atoms with van der Waals surface area (Å²) in [5.74, 6) is 0.174. The number of aryl methyl sites for hydroxylation is 1. The summed E-state index contributed by atoms with van der Waals surface area (Å²) in [6, 6.07) is 6.61. The number of nitrogen functional groups attached to an aromatic ring is 1. The van der Waals surface area contributed by atoms with Crippen molar-refractivity contribution < 1.29 is 13.5 Å². The van der Waals surface area contributed by atoms with E-state index in [0.717, 1.165) is 5.56 Å². The standard InChI is InChI=1S/C13H18N4O3S/c1-2-17-9-12(13(14)16-17)21(19,20)15-8-7-10-3-5-11(18)6-4-10/h3-6,9,15,18H,2,7-8H2,1H3,(H2,14,16). The molecule has 114 valence electrons. The van der Waals surface area contributed by atoms with E-state index in [1.807, 2.05) is 6.92 Å². The van der Waals surface area contributed by atoms with E-state index in [1.165, 1.54) is 10.9 Å². The highest BCUT2D eigenvalue weighted by molar-refractivity contribution is 7.89. The molecule has 0 aliphatic heterocycles. The molecule has 2 rings (SSSR count). The van der Waals surface area contributed by atoms with Crippen molar-refractivity contribution in [3.05, 3.63) is 36.0 Å². The number of rotatable bonds is 6. The fraction of sp³-hybridized carbons (Fsp3) is 0.308. The average molecular weight is 310 g/mol. The Morgan fingerprint density at radius 1 is 1.33 bits per heavy atom. The van der Waals surface area contributed by atoms with Crippen molar-refractivity contribution in [1.29, 1.82) is 0 Å². The summed E-state index contributed by atoms with van der Waals surface area (Å²) in [4.78, 5) is -0.00458. The first kappa shape index (κ1) is 15.3. The Hall–Kier alpha value is -2.06. The van der Waals surface area contributed by atoms with Crippen LogP contribution in [0.5, 0.6) is 5.75 Å². The van der Waals surface area contributed by atoms with E-state index in [1.54, 1.807) is 24.3 Å². The largest absolute Gasteiger partial charge is 0.508 e. The van der Waals surface area contributed by atoms with Crippen LogP contribution in [0, 0.1) is 0 Å². The Morgan fingerprint density at radius 2 is 2.00 bits per heavy atom. The second-order valence-corrected chi connectivity index (χ2v) is 6.28. The van der Waals surface area contributed by atoms with Crippen LogP contribution in [0.2, 0.25) is 0 Å². The minimum Gasteiger partial charge on any atom is -0.508 e. The third-order valence-electron chi connectivity index (χ3n) is 3.01. The van der Waals surface area contributed by atoms with Crippen LogP contribution >= 0.6 is 0 Å². The summed E-state index contributed by atoms with van der Waals surface area (Å²) in [7, 11) is -3.67. The van der Waals surface area contributed by atoms with Crippen molar-refractivity contribution in [1.82, 2.24) is 14.5 Å². The maximum Gasteiger partial charge on any atom is 0.245 e. The molecule has 7 nitrogen and oxygen atoms in total. The molecular formula is C13H18N4O3S. The molecule has 21 heavy (non-hydrogen) atoms. The number of aromatic hydroxyl groups is 1. The number of nitrogens with zero attached hydrogens (tertiary/aromatic N) is 2. The number of anilines is 1. The van der Waals surface area contributed by atoms with Gasteiger partial charge in [0.2, 0.25) is 10.0 Å². The summed E-state index contributed by atoms with van der Waals surface area (Å²) >= 11 is 0. The van der Waals surface area contributed by atoms with Gasteiger partial charge in [0, 0.05) is 19.3 Å². The van der Waals surface area contributed by atoms with Gasteiger partial charge in [-0.1, -0.05) is 12.1 Å². The molecule has 0 amide bonds. The SMILES string of the molecule is CCn1cc(S(=O)(=O)NCCc2ccc(O)cc2)c(N)n1. The van der Waals surface area contributed by atoms with Gasteiger partial charge in [0.15, 0.2) is 5.82 Å². The Morgan fingerprint density at radius 3 is 2.57 bits per heavy atom. The van der Waals surface area contributed by atoms with Gasteiger partial charge in [-0.2, -0.15) is 5.10 Å².